The van der Waals surface area contributed by atoms with Gasteiger partial charge in [-0.15, -0.1) is 6.42 Å². The van der Waals surface area contributed by atoms with E-state index in [9.17, 15) is 0 Å². The smallest absolute Gasteiger partial charge is 0.176 e. The van der Waals surface area contributed by atoms with Crippen molar-refractivity contribution in [3.8, 4) is 23.8 Å². The molecule has 0 fully saturated rings. The molecule has 0 saturated carbocycles. The molecule has 4 heteroatoms. The third-order valence-corrected chi connectivity index (χ3v) is 3.77. The van der Waals surface area contributed by atoms with Crippen molar-refractivity contribution in [3.63, 3.8) is 0 Å². The van der Waals surface area contributed by atoms with Crippen LogP contribution in [0, 0.1) is 19.3 Å². The van der Waals surface area contributed by atoms with E-state index < -0.39 is 0 Å². The number of halogens is 1. The Morgan fingerprint density at radius 3 is 2.74 bits per heavy atom. The molecule has 0 radical (unpaired) electrons. The van der Waals surface area contributed by atoms with E-state index in [-0.39, 0.29) is 6.61 Å². The molecule has 3 nitrogen and oxygen atoms in total. The predicted molar refractivity (Wildman–Crippen MR) is 98.1 cm³/mol. The lowest BCUT2D eigenvalue weighted by molar-refractivity contribution is 0.297. The van der Waals surface area contributed by atoms with E-state index in [0.717, 1.165) is 15.7 Å². The lowest BCUT2D eigenvalue weighted by atomic mass is 10.1. The molecule has 0 bridgehead atoms. The number of hydrogen-bond acceptors (Lipinski definition) is 3. The summed E-state index contributed by atoms with van der Waals surface area (Å²) in [7, 11) is 0. The Hall–Kier alpha value is -2.12. The largest absolute Gasteiger partial charge is 0.490 e. The van der Waals surface area contributed by atoms with Crippen molar-refractivity contribution in [2.45, 2.75) is 20.4 Å². The highest BCUT2D eigenvalue weighted by Gasteiger charge is 2.12. The van der Waals surface area contributed by atoms with Gasteiger partial charge in [-0.3, -0.25) is 0 Å². The summed E-state index contributed by atoms with van der Waals surface area (Å²) in [6, 6.07) is 12.3. The van der Waals surface area contributed by atoms with Gasteiger partial charge in [0.15, 0.2) is 11.5 Å². The monoisotopic (exact) mass is 373 g/mol. The summed E-state index contributed by atoms with van der Waals surface area (Å²) in [5, 5.41) is 3.41. The number of nitrogens with one attached hydrogen (secondary N) is 1. The maximum absolute atomic E-state index is 5.68. The zero-order chi connectivity index (χ0) is 16.7. The molecule has 2 rings (SSSR count). The Morgan fingerprint density at radius 1 is 1.22 bits per heavy atom. The molecule has 0 amide bonds. The summed E-state index contributed by atoms with van der Waals surface area (Å²) in [6.45, 7) is 5.48. The maximum atomic E-state index is 5.68. The van der Waals surface area contributed by atoms with E-state index in [1.54, 1.807) is 0 Å². The van der Waals surface area contributed by atoms with Crippen molar-refractivity contribution in [3.05, 3.63) is 52.0 Å². The molecule has 2 aromatic rings. The molecule has 2 aromatic carbocycles. The average Bonchev–Trinajstić information content (AvgIpc) is 2.52. The number of anilines is 1. The zero-order valence-electron chi connectivity index (χ0n) is 13.4. The molecule has 0 aliphatic heterocycles. The van der Waals surface area contributed by atoms with E-state index in [4.69, 9.17) is 15.9 Å². The fourth-order valence-corrected chi connectivity index (χ4v) is 2.80. The van der Waals surface area contributed by atoms with Gasteiger partial charge in [-0.25, -0.2) is 0 Å². The fraction of sp³-hybridized carbons (Fsp3) is 0.263. The minimum atomic E-state index is 0.208. The SMILES string of the molecule is C#CCOc1c(Br)cc(CNc2cccc(C)c2)cc1OCC. The third-order valence-electron chi connectivity index (χ3n) is 3.18. The van der Waals surface area contributed by atoms with Crippen molar-refractivity contribution >= 4 is 21.6 Å². The van der Waals surface area contributed by atoms with Crippen LogP contribution in [-0.2, 0) is 6.54 Å². The summed E-state index contributed by atoms with van der Waals surface area (Å²) >= 11 is 3.53. The van der Waals surface area contributed by atoms with Crippen LogP contribution in [0.5, 0.6) is 11.5 Å². The van der Waals surface area contributed by atoms with E-state index in [1.807, 2.05) is 25.1 Å². The topological polar surface area (TPSA) is 30.5 Å². The maximum Gasteiger partial charge on any atom is 0.176 e. The Kier molecular flexibility index (Phi) is 6.37. The van der Waals surface area contributed by atoms with Gasteiger partial charge in [-0.05, 0) is 65.2 Å². The van der Waals surface area contributed by atoms with Crippen molar-refractivity contribution in [1.29, 1.82) is 0 Å². The predicted octanol–water partition coefficient (Wildman–Crippen LogP) is 4.78. The lowest BCUT2D eigenvalue weighted by Crippen LogP contribution is -2.04. The van der Waals surface area contributed by atoms with Crippen molar-refractivity contribution in [2.75, 3.05) is 18.5 Å². The average molecular weight is 374 g/mol. The van der Waals surface area contributed by atoms with Crippen LogP contribution in [0.4, 0.5) is 5.69 Å². The molecule has 0 aromatic heterocycles. The number of terminal acetylenes is 1. The molecular formula is C19H20BrNO2. The molecular weight excluding hydrogens is 354 g/mol. The van der Waals surface area contributed by atoms with Crippen molar-refractivity contribution in [2.24, 2.45) is 0 Å². The first-order chi connectivity index (χ1) is 11.1. The van der Waals surface area contributed by atoms with Crippen LogP contribution in [-0.4, -0.2) is 13.2 Å². The third kappa shape index (κ3) is 4.94. The summed E-state index contributed by atoms with van der Waals surface area (Å²) < 4.78 is 12.1. The van der Waals surface area contributed by atoms with Gasteiger partial charge >= 0.3 is 0 Å². The lowest BCUT2D eigenvalue weighted by Gasteiger charge is -2.15. The van der Waals surface area contributed by atoms with Crippen LogP contribution in [0.15, 0.2) is 40.9 Å². The fourth-order valence-electron chi connectivity index (χ4n) is 2.20. The highest BCUT2D eigenvalue weighted by molar-refractivity contribution is 9.10. The number of rotatable bonds is 7. The number of hydrogen-bond donors (Lipinski definition) is 1. The van der Waals surface area contributed by atoms with E-state index in [0.29, 0.717) is 24.7 Å². The Bertz CT molecular complexity index is 707. The quantitative estimate of drug-likeness (QED) is 0.708. The first-order valence-electron chi connectivity index (χ1n) is 7.46. The van der Waals surface area contributed by atoms with Gasteiger partial charge in [0, 0.05) is 12.2 Å². The highest BCUT2D eigenvalue weighted by Crippen LogP contribution is 2.37. The molecule has 0 unspecified atom stereocenters. The van der Waals surface area contributed by atoms with Gasteiger partial charge in [0.2, 0.25) is 0 Å². The van der Waals surface area contributed by atoms with Crippen molar-refractivity contribution in [1.82, 2.24) is 0 Å². The Morgan fingerprint density at radius 2 is 2.04 bits per heavy atom. The van der Waals surface area contributed by atoms with Gasteiger partial charge in [0.1, 0.15) is 6.61 Å². The normalized spacial score (nSPS) is 10.0. The van der Waals surface area contributed by atoms with Crippen LogP contribution in [0.3, 0.4) is 0 Å². The molecule has 0 aliphatic carbocycles. The van der Waals surface area contributed by atoms with Gasteiger partial charge < -0.3 is 14.8 Å². The summed E-state index contributed by atoms with van der Waals surface area (Å²) in [6.07, 6.45) is 5.26. The first-order valence-corrected chi connectivity index (χ1v) is 8.25. The van der Waals surface area contributed by atoms with Crippen LogP contribution in [0.2, 0.25) is 0 Å². The van der Waals surface area contributed by atoms with E-state index in [1.165, 1.54) is 5.56 Å². The van der Waals surface area contributed by atoms with Crippen LogP contribution in [0.1, 0.15) is 18.1 Å². The second-order valence-corrected chi connectivity index (χ2v) is 5.91. The second kappa shape index (κ2) is 8.50. The minimum Gasteiger partial charge on any atom is -0.490 e. The Labute approximate surface area is 146 Å². The molecule has 0 saturated heterocycles. The van der Waals surface area contributed by atoms with Gasteiger partial charge in [-0.1, -0.05) is 18.1 Å². The summed E-state index contributed by atoms with van der Waals surface area (Å²) in [5.74, 6) is 3.80. The molecule has 1 N–H and O–H groups in total. The number of aryl methyl sites for hydroxylation is 1. The standard InChI is InChI=1S/C19H20BrNO2/c1-4-9-23-19-17(20)11-15(12-18(19)22-5-2)13-21-16-8-6-7-14(3)10-16/h1,6-8,10-12,21H,5,9,13H2,2-3H3. The molecule has 0 atom stereocenters. The summed E-state index contributed by atoms with van der Waals surface area (Å²) in [5.41, 5.74) is 3.41. The van der Waals surface area contributed by atoms with E-state index >= 15 is 0 Å². The minimum absolute atomic E-state index is 0.208. The van der Waals surface area contributed by atoms with E-state index in [2.05, 4.69) is 52.3 Å². The van der Waals surface area contributed by atoms with Gasteiger partial charge in [-0.2, -0.15) is 0 Å². The highest BCUT2D eigenvalue weighted by atomic mass is 79.9. The first kappa shape index (κ1) is 17.2. The number of benzene rings is 2. The summed E-state index contributed by atoms with van der Waals surface area (Å²) in [4.78, 5) is 0. The zero-order valence-corrected chi connectivity index (χ0v) is 14.9. The second-order valence-electron chi connectivity index (χ2n) is 5.05. The van der Waals surface area contributed by atoms with Crippen LogP contribution >= 0.6 is 15.9 Å². The molecule has 0 aliphatic rings. The Balaban J connectivity index is 2.17. The molecule has 120 valence electrons. The van der Waals surface area contributed by atoms with Gasteiger partial charge in [0.05, 0.1) is 11.1 Å². The molecule has 23 heavy (non-hydrogen) atoms. The molecule has 0 heterocycles. The van der Waals surface area contributed by atoms with Crippen LogP contribution < -0.4 is 14.8 Å². The van der Waals surface area contributed by atoms with Crippen LogP contribution in [0.25, 0.3) is 0 Å². The van der Waals surface area contributed by atoms with Gasteiger partial charge in [0.25, 0.3) is 0 Å². The van der Waals surface area contributed by atoms with Crippen molar-refractivity contribution < 1.29 is 9.47 Å². The number of ether oxygens (including phenoxy) is 2. The molecule has 0 spiro atoms.